The first-order valence-electron chi connectivity index (χ1n) is 12.1. The Morgan fingerprint density at radius 1 is 1.44 bits per heavy atom. The number of nitrogens with two attached hydrogens (primary N) is 1. The van der Waals surface area contributed by atoms with Crippen LogP contribution < -0.4 is 21.1 Å². The molecule has 2 aliphatic heterocycles. The first-order valence-corrected chi connectivity index (χ1v) is 12.1. The fourth-order valence-corrected chi connectivity index (χ4v) is 5.24. The van der Waals surface area contributed by atoms with Gasteiger partial charge in [0, 0.05) is 24.6 Å². The number of hydrogen-bond acceptors (Lipinski definition) is 6. The molecule has 1 amide bonds. The average molecular weight is 472 g/mol. The molecule has 34 heavy (non-hydrogen) atoms. The van der Waals surface area contributed by atoms with Crippen LogP contribution in [0.4, 0.5) is 0 Å². The molecule has 0 radical (unpaired) electrons. The van der Waals surface area contributed by atoms with Crippen LogP contribution in [0.25, 0.3) is 0 Å². The summed E-state index contributed by atoms with van der Waals surface area (Å²) in [6, 6.07) is 4.73. The van der Waals surface area contributed by atoms with Crippen LogP contribution in [0, 0.1) is 0 Å². The lowest BCUT2D eigenvalue weighted by atomic mass is 9.79. The summed E-state index contributed by atoms with van der Waals surface area (Å²) in [5, 5.41) is 17.8. The SMILES string of the molecule is C=CNC(C)C(N=C(N)CC)C1(C)C(O)C(NC(=O)c2cccc3c2OCCC3(C)C)CN1C. The summed E-state index contributed by atoms with van der Waals surface area (Å²) in [5.74, 6) is 0.913. The molecular formula is C26H41N5O3. The molecule has 0 aliphatic carbocycles. The van der Waals surface area contributed by atoms with Crippen molar-refractivity contribution in [2.45, 2.75) is 82.6 Å². The zero-order valence-electron chi connectivity index (χ0n) is 21.4. The minimum Gasteiger partial charge on any atom is -0.492 e. The highest BCUT2D eigenvalue weighted by Gasteiger charge is 2.55. The molecule has 0 bridgehead atoms. The zero-order chi connectivity index (χ0) is 25.3. The van der Waals surface area contributed by atoms with Crippen LogP contribution in [0.2, 0.25) is 0 Å². The lowest BCUT2D eigenvalue weighted by Crippen LogP contribution is -2.61. The third-order valence-electron chi connectivity index (χ3n) is 7.67. The average Bonchev–Trinajstić information content (AvgIpc) is 3.00. The predicted molar refractivity (Wildman–Crippen MR) is 136 cm³/mol. The van der Waals surface area contributed by atoms with Gasteiger partial charge in [0.25, 0.3) is 5.91 Å². The second-order valence-electron chi connectivity index (χ2n) is 10.4. The summed E-state index contributed by atoms with van der Waals surface area (Å²) < 4.78 is 5.93. The number of fused-ring (bicyclic) bond motifs is 1. The van der Waals surface area contributed by atoms with Crippen molar-refractivity contribution >= 4 is 11.7 Å². The number of aliphatic hydroxyl groups is 1. The summed E-state index contributed by atoms with van der Waals surface area (Å²) >= 11 is 0. The summed E-state index contributed by atoms with van der Waals surface area (Å²) in [6.45, 7) is 15.1. The largest absolute Gasteiger partial charge is 0.492 e. The molecule has 1 aromatic carbocycles. The van der Waals surface area contributed by atoms with Crippen LogP contribution in [-0.2, 0) is 5.41 Å². The van der Waals surface area contributed by atoms with Crippen molar-refractivity contribution in [2.75, 3.05) is 20.2 Å². The van der Waals surface area contributed by atoms with E-state index in [-0.39, 0.29) is 23.4 Å². The number of amides is 1. The number of amidine groups is 1. The van der Waals surface area contributed by atoms with Gasteiger partial charge in [-0.1, -0.05) is 39.5 Å². The molecule has 1 fully saturated rings. The van der Waals surface area contributed by atoms with Crippen molar-refractivity contribution in [3.63, 3.8) is 0 Å². The summed E-state index contributed by atoms with van der Waals surface area (Å²) in [5.41, 5.74) is 6.83. The summed E-state index contributed by atoms with van der Waals surface area (Å²) in [4.78, 5) is 20.2. The van der Waals surface area contributed by atoms with Crippen LogP contribution in [0.3, 0.4) is 0 Å². The fraction of sp³-hybridized carbons (Fsp3) is 0.615. The molecule has 8 nitrogen and oxygen atoms in total. The van der Waals surface area contributed by atoms with Crippen molar-refractivity contribution in [1.82, 2.24) is 15.5 Å². The first-order chi connectivity index (χ1) is 16.0. The fourth-order valence-electron chi connectivity index (χ4n) is 5.24. The Kier molecular flexibility index (Phi) is 7.62. The number of benzene rings is 1. The predicted octanol–water partition coefficient (Wildman–Crippen LogP) is 2.17. The van der Waals surface area contributed by atoms with Crippen molar-refractivity contribution < 1.29 is 14.6 Å². The van der Waals surface area contributed by atoms with Gasteiger partial charge in [0.05, 0.1) is 41.7 Å². The van der Waals surface area contributed by atoms with Crippen LogP contribution in [0.5, 0.6) is 5.75 Å². The monoisotopic (exact) mass is 471 g/mol. The summed E-state index contributed by atoms with van der Waals surface area (Å²) in [7, 11) is 1.94. The van der Waals surface area contributed by atoms with E-state index in [1.165, 1.54) is 0 Å². The number of hydrogen-bond donors (Lipinski definition) is 4. The van der Waals surface area contributed by atoms with E-state index in [9.17, 15) is 9.90 Å². The second kappa shape index (κ2) is 9.96. The van der Waals surface area contributed by atoms with Gasteiger partial charge in [-0.05, 0) is 45.0 Å². The van der Waals surface area contributed by atoms with Crippen LogP contribution in [0.15, 0.2) is 36.0 Å². The number of ether oxygens (including phenoxy) is 1. The molecule has 5 atom stereocenters. The van der Waals surface area contributed by atoms with Gasteiger partial charge in [-0.15, -0.1) is 0 Å². The van der Waals surface area contributed by atoms with Crippen molar-refractivity contribution in [3.8, 4) is 5.75 Å². The Morgan fingerprint density at radius 2 is 2.15 bits per heavy atom. The first kappa shape index (κ1) is 26.0. The molecule has 2 aliphatic rings. The molecule has 8 heteroatoms. The van der Waals surface area contributed by atoms with Crippen molar-refractivity contribution in [1.29, 1.82) is 0 Å². The molecule has 188 valence electrons. The van der Waals surface area contributed by atoms with E-state index >= 15 is 0 Å². The Morgan fingerprint density at radius 3 is 2.79 bits per heavy atom. The maximum absolute atomic E-state index is 13.4. The third kappa shape index (κ3) is 4.66. The molecule has 5 N–H and O–H groups in total. The van der Waals surface area contributed by atoms with E-state index in [1.807, 2.05) is 40.0 Å². The van der Waals surface area contributed by atoms with E-state index in [2.05, 4.69) is 36.0 Å². The quantitative estimate of drug-likeness (QED) is 0.342. The number of likely N-dealkylation sites (N-methyl/N-ethyl adjacent to an activating group) is 1. The molecule has 0 aromatic heterocycles. The van der Waals surface area contributed by atoms with E-state index < -0.39 is 17.7 Å². The molecule has 1 aromatic rings. The molecular weight excluding hydrogens is 430 g/mol. The smallest absolute Gasteiger partial charge is 0.255 e. The maximum atomic E-state index is 13.4. The molecule has 1 saturated heterocycles. The van der Waals surface area contributed by atoms with Crippen molar-refractivity contribution in [3.05, 3.63) is 42.1 Å². The van der Waals surface area contributed by atoms with Gasteiger partial charge in [-0.25, -0.2) is 0 Å². The number of aliphatic imine (C=N–C) groups is 1. The number of para-hydroxylation sites is 1. The summed E-state index contributed by atoms with van der Waals surface area (Å²) in [6.07, 6.45) is 2.27. The standard InChI is InChI=1S/C26H41N5O3/c1-8-20(27)30-22(16(3)28-9-2)26(6)23(32)19(15-31(26)7)29-24(33)17-11-10-12-18-21(17)34-14-13-25(18,4)5/h9-12,16,19,22-23,28,32H,2,8,13-15H2,1,3-7H3,(H2,27,30)(H,29,33). The number of nitrogens with zero attached hydrogens (tertiary/aromatic N) is 2. The Hall–Kier alpha value is -2.58. The minimum atomic E-state index is -0.870. The highest BCUT2D eigenvalue weighted by atomic mass is 16.5. The number of nitrogens with one attached hydrogen (secondary N) is 2. The number of aliphatic hydroxyl groups excluding tert-OH is 1. The van der Waals surface area contributed by atoms with Crippen molar-refractivity contribution in [2.24, 2.45) is 10.7 Å². The minimum absolute atomic E-state index is 0.0612. The molecule has 2 heterocycles. The van der Waals surface area contributed by atoms with Crippen LogP contribution in [-0.4, -0.2) is 71.7 Å². The van der Waals surface area contributed by atoms with Gasteiger partial charge >= 0.3 is 0 Å². The number of likely N-dealkylation sites (tertiary alicyclic amines) is 1. The molecule has 5 unspecified atom stereocenters. The van der Waals surface area contributed by atoms with Gasteiger partial charge in [0.1, 0.15) is 5.75 Å². The van der Waals surface area contributed by atoms with E-state index in [0.717, 1.165) is 12.0 Å². The van der Waals surface area contributed by atoms with Gasteiger partial charge in [0.15, 0.2) is 0 Å². The van der Waals surface area contributed by atoms with Gasteiger partial charge in [0.2, 0.25) is 0 Å². The number of carbonyl (C=O) groups excluding carboxylic acids is 1. The van der Waals surface area contributed by atoms with Gasteiger partial charge in [-0.3, -0.25) is 14.7 Å². The number of carbonyl (C=O) groups is 1. The highest BCUT2D eigenvalue weighted by Crippen LogP contribution is 2.40. The molecule has 0 saturated carbocycles. The molecule has 3 rings (SSSR count). The van der Waals surface area contributed by atoms with Crippen LogP contribution in [0.1, 0.15) is 63.4 Å². The Bertz CT molecular complexity index is 946. The highest BCUT2D eigenvalue weighted by molar-refractivity contribution is 5.97. The van der Waals surface area contributed by atoms with Crippen LogP contribution >= 0.6 is 0 Å². The Labute approximate surface area is 203 Å². The third-order valence-corrected chi connectivity index (χ3v) is 7.67. The number of rotatable bonds is 8. The lowest BCUT2D eigenvalue weighted by molar-refractivity contribution is 0.0202. The molecule has 0 spiro atoms. The van der Waals surface area contributed by atoms with Gasteiger partial charge < -0.3 is 26.2 Å². The lowest BCUT2D eigenvalue weighted by Gasteiger charge is -2.43. The van der Waals surface area contributed by atoms with E-state index in [0.29, 0.717) is 36.7 Å². The zero-order valence-corrected chi connectivity index (χ0v) is 21.4. The van der Waals surface area contributed by atoms with E-state index in [1.54, 1.807) is 12.3 Å². The van der Waals surface area contributed by atoms with Gasteiger partial charge in [-0.2, -0.15) is 0 Å². The normalized spacial score (nSPS) is 28.4. The Balaban J connectivity index is 1.88. The second-order valence-corrected chi connectivity index (χ2v) is 10.4. The maximum Gasteiger partial charge on any atom is 0.255 e. The van der Waals surface area contributed by atoms with E-state index in [4.69, 9.17) is 15.5 Å². The topological polar surface area (TPSA) is 112 Å².